The van der Waals surface area contributed by atoms with Crippen LogP contribution in [-0.2, 0) is 6.54 Å². The Kier molecular flexibility index (Phi) is 4.30. The SMILES string of the molecule is Nc1ccc(-c2nc3ccc(CN4CCCCC4)cc3[nH]2)cc1[N+](=O)[O-]. The van der Waals surface area contributed by atoms with E-state index in [1.807, 2.05) is 6.07 Å². The highest BCUT2D eigenvalue weighted by Crippen LogP contribution is 2.29. The lowest BCUT2D eigenvalue weighted by Crippen LogP contribution is -2.29. The van der Waals surface area contributed by atoms with Gasteiger partial charge in [-0.3, -0.25) is 15.0 Å². The molecule has 2 aromatic carbocycles. The molecule has 3 aromatic rings. The van der Waals surface area contributed by atoms with Gasteiger partial charge >= 0.3 is 0 Å². The number of rotatable bonds is 4. The molecule has 4 rings (SSSR count). The van der Waals surface area contributed by atoms with Crippen LogP contribution in [0.1, 0.15) is 24.8 Å². The number of nitro groups is 1. The molecule has 1 saturated heterocycles. The van der Waals surface area contributed by atoms with Crippen molar-refractivity contribution < 1.29 is 4.92 Å². The number of hydrogen-bond acceptors (Lipinski definition) is 5. The lowest BCUT2D eigenvalue weighted by atomic mass is 10.1. The number of benzene rings is 2. The molecule has 0 radical (unpaired) electrons. The normalized spacial score (nSPS) is 15.4. The zero-order chi connectivity index (χ0) is 18.1. The number of nitro benzene ring substituents is 1. The van der Waals surface area contributed by atoms with Gasteiger partial charge in [-0.25, -0.2) is 4.98 Å². The molecule has 1 aliphatic rings. The Bertz CT molecular complexity index is 960. The highest BCUT2D eigenvalue weighted by atomic mass is 16.6. The number of H-pyrrole nitrogens is 1. The number of anilines is 1. The van der Waals surface area contributed by atoms with Gasteiger partial charge in [0.2, 0.25) is 0 Å². The molecule has 7 nitrogen and oxygen atoms in total. The number of nitrogens with zero attached hydrogens (tertiary/aromatic N) is 3. The van der Waals surface area contributed by atoms with Gasteiger partial charge in [0, 0.05) is 18.2 Å². The summed E-state index contributed by atoms with van der Waals surface area (Å²) in [7, 11) is 0. The third-order valence-corrected chi connectivity index (χ3v) is 4.90. The van der Waals surface area contributed by atoms with E-state index < -0.39 is 4.92 Å². The molecule has 134 valence electrons. The molecule has 26 heavy (non-hydrogen) atoms. The summed E-state index contributed by atoms with van der Waals surface area (Å²) in [6.07, 6.45) is 3.87. The Hall–Kier alpha value is -2.93. The van der Waals surface area contributed by atoms with Gasteiger partial charge in [-0.1, -0.05) is 12.5 Å². The van der Waals surface area contributed by atoms with Gasteiger partial charge in [-0.05, 0) is 55.8 Å². The summed E-state index contributed by atoms with van der Waals surface area (Å²) in [5.41, 5.74) is 9.41. The topological polar surface area (TPSA) is 101 Å². The predicted octanol–water partition coefficient (Wildman–Crippen LogP) is 3.71. The zero-order valence-corrected chi connectivity index (χ0v) is 14.4. The van der Waals surface area contributed by atoms with Gasteiger partial charge in [-0.2, -0.15) is 0 Å². The number of aromatic amines is 1. The first kappa shape index (κ1) is 16.5. The molecule has 0 bridgehead atoms. The van der Waals surface area contributed by atoms with Crippen LogP contribution in [0.3, 0.4) is 0 Å². The van der Waals surface area contributed by atoms with Crippen LogP contribution in [0.15, 0.2) is 36.4 Å². The summed E-state index contributed by atoms with van der Waals surface area (Å²) >= 11 is 0. The Balaban J connectivity index is 1.63. The maximum atomic E-state index is 11.1. The van der Waals surface area contributed by atoms with Crippen LogP contribution in [0.25, 0.3) is 22.4 Å². The molecular formula is C19H21N5O2. The molecule has 0 saturated carbocycles. The van der Waals surface area contributed by atoms with Crippen LogP contribution in [-0.4, -0.2) is 32.9 Å². The van der Waals surface area contributed by atoms with E-state index in [1.165, 1.54) is 30.9 Å². The van der Waals surface area contributed by atoms with Crippen LogP contribution in [0.5, 0.6) is 0 Å². The second-order valence-electron chi connectivity index (χ2n) is 6.80. The maximum Gasteiger partial charge on any atom is 0.292 e. The molecule has 0 spiro atoms. The first-order chi connectivity index (χ1) is 12.6. The summed E-state index contributed by atoms with van der Waals surface area (Å²) in [6, 6.07) is 11.0. The molecule has 1 fully saturated rings. The van der Waals surface area contributed by atoms with Crippen molar-refractivity contribution in [3.05, 3.63) is 52.1 Å². The Labute approximate surface area is 151 Å². The van der Waals surface area contributed by atoms with Crippen molar-refractivity contribution in [1.82, 2.24) is 14.9 Å². The third-order valence-electron chi connectivity index (χ3n) is 4.90. The first-order valence-electron chi connectivity index (χ1n) is 8.85. The first-order valence-corrected chi connectivity index (χ1v) is 8.85. The lowest BCUT2D eigenvalue weighted by molar-refractivity contribution is -0.383. The van der Waals surface area contributed by atoms with E-state index in [0.717, 1.165) is 30.7 Å². The van der Waals surface area contributed by atoms with Crippen molar-refractivity contribution in [2.75, 3.05) is 18.8 Å². The quantitative estimate of drug-likeness (QED) is 0.424. The van der Waals surface area contributed by atoms with Gasteiger partial charge in [0.1, 0.15) is 11.5 Å². The minimum absolute atomic E-state index is 0.103. The second kappa shape index (κ2) is 6.76. The number of piperidine rings is 1. The highest BCUT2D eigenvalue weighted by Gasteiger charge is 2.15. The van der Waals surface area contributed by atoms with E-state index in [1.54, 1.807) is 12.1 Å². The van der Waals surface area contributed by atoms with E-state index in [-0.39, 0.29) is 11.4 Å². The molecule has 3 N–H and O–H groups in total. The van der Waals surface area contributed by atoms with Crippen LogP contribution < -0.4 is 5.73 Å². The number of hydrogen-bond donors (Lipinski definition) is 2. The van der Waals surface area contributed by atoms with Crippen molar-refractivity contribution in [2.45, 2.75) is 25.8 Å². The van der Waals surface area contributed by atoms with Gasteiger partial charge in [0.05, 0.1) is 16.0 Å². The summed E-state index contributed by atoms with van der Waals surface area (Å²) in [4.78, 5) is 21.0. The van der Waals surface area contributed by atoms with Crippen LogP contribution >= 0.6 is 0 Å². The molecule has 2 heterocycles. The zero-order valence-electron chi connectivity index (χ0n) is 14.4. The average Bonchev–Trinajstić information content (AvgIpc) is 3.06. The number of imidazole rings is 1. The maximum absolute atomic E-state index is 11.1. The average molecular weight is 351 g/mol. The van der Waals surface area contributed by atoms with Crippen molar-refractivity contribution in [3.8, 4) is 11.4 Å². The van der Waals surface area contributed by atoms with E-state index >= 15 is 0 Å². The van der Waals surface area contributed by atoms with Crippen LogP contribution in [0.2, 0.25) is 0 Å². The van der Waals surface area contributed by atoms with Gasteiger partial charge < -0.3 is 10.7 Å². The van der Waals surface area contributed by atoms with E-state index in [0.29, 0.717) is 11.4 Å². The highest BCUT2D eigenvalue weighted by molar-refractivity contribution is 5.81. The van der Waals surface area contributed by atoms with E-state index in [4.69, 9.17) is 5.73 Å². The molecule has 0 amide bonds. The molecular weight excluding hydrogens is 330 g/mol. The summed E-state index contributed by atoms with van der Waals surface area (Å²) < 4.78 is 0. The Morgan fingerprint density at radius 3 is 2.73 bits per heavy atom. The van der Waals surface area contributed by atoms with E-state index in [9.17, 15) is 10.1 Å². The van der Waals surface area contributed by atoms with Crippen LogP contribution in [0.4, 0.5) is 11.4 Å². The molecule has 0 unspecified atom stereocenters. The molecule has 1 aliphatic heterocycles. The monoisotopic (exact) mass is 351 g/mol. The lowest BCUT2D eigenvalue weighted by Gasteiger charge is -2.26. The number of nitrogens with two attached hydrogens (primary N) is 1. The number of fused-ring (bicyclic) bond motifs is 1. The Morgan fingerprint density at radius 1 is 1.15 bits per heavy atom. The smallest absolute Gasteiger partial charge is 0.292 e. The largest absolute Gasteiger partial charge is 0.393 e. The molecule has 7 heteroatoms. The standard InChI is InChI=1S/C19H21N5O2/c20-15-6-5-14(11-18(15)24(25)26)19-21-16-7-4-13(10-17(16)22-19)12-23-8-2-1-3-9-23/h4-7,10-11H,1-3,8-9,12,20H2,(H,21,22). The minimum atomic E-state index is -0.474. The van der Waals surface area contributed by atoms with Gasteiger partial charge in [-0.15, -0.1) is 0 Å². The molecule has 1 aromatic heterocycles. The number of nitrogen functional groups attached to an aromatic ring is 1. The van der Waals surface area contributed by atoms with Crippen molar-refractivity contribution in [2.24, 2.45) is 0 Å². The number of aromatic nitrogens is 2. The predicted molar refractivity (Wildman–Crippen MR) is 102 cm³/mol. The minimum Gasteiger partial charge on any atom is -0.393 e. The second-order valence-corrected chi connectivity index (χ2v) is 6.80. The van der Waals surface area contributed by atoms with Gasteiger partial charge in [0.15, 0.2) is 0 Å². The number of nitrogens with one attached hydrogen (secondary N) is 1. The summed E-state index contributed by atoms with van der Waals surface area (Å²) in [5, 5.41) is 11.1. The van der Waals surface area contributed by atoms with Crippen LogP contribution in [0, 0.1) is 10.1 Å². The summed E-state index contributed by atoms with van der Waals surface area (Å²) in [5.74, 6) is 0.609. The summed E-state index contributed by atoms with van der Waals surface area (Å²) in [6.45, 7) is 3.25. The molecule has 0 aliphatic carbocycles. The fourth-order valence-electron chi connectivity index (χ4n) is 3.52. The number of likely N-dealkylation sites (tertiary alicyclic amines) is 1. The van der Waals surface area contributed by atoms with Crippen molar-refractivity contribution in [1.29, 1.82) is 0 Å². The fourth-order valence-corrected chi connectivity index (χ4v) is 3.52. The van der Waals surface area contributed by atoms with Crippen molar-refractivity contribution in [3.63, 3.8) is 0 Å². The fraction of sp³-hybridized carbons (Fsp3) is 0.316. The third kappa shape index (κ3) is 3.25. The molecule has 0 atom stereocenters. The van der Waals surface area contributed by atoms with Gasteiger partial charge in [0.25, 0.3) is 5.69 Å². The Morgan fingerprint density at radius 2 is 1.96 bits per heavy atom. The van der Waals surface area contributed by atoms with E-state index in [2.05, 4.69) is 27.0 Å². The van der Waals surface area contributed by atoms with Crippen molar-refractivity contribution >= 4 is 22.4 Å².